The fourth-order valence-corrected chi connectivity index (χ4v) is 1.23. The number of hydrogen-bond acceptors (Lipinski definition) is 3. The third kappa shape index (κ3) is 2.32. The lowest BCUT2D eigenvalue weighted by atomic mass is 10.3. The molecule has 1 rings (SSSR count). The van der Waals surface area contributed by atoms with E-state index in [9.17, 15) is 0 Å². The second kappa shape index (κ2) is 4.00. The van der Waals surface area contributed by atoms with E-state index in [1.54, 1.807) is 0 Å². The molecule has 3 nitrogen and oxygen atoms in total. The smallest absolute Gasteiger partial charge is 0.176 e. The second-order valence-corrected chi connectivity index (χ2v) is 2.91. The van der Waals surface area contributed by atoms with E-state index in [-0.39, 0.29) is 0 Å². The fraction of sp³-hybridized carbons (Fsp3) is 0.800. The molecule has 0 amide bonds. The minimum atomic E-state index is 0.479. The summed E-state index contributed by atoms with van der Waals surface area (Å²) in [5.74, 6) is 0. The highest BCUT2D eigenvalue weighted by Gasteiger charge is 2.13. The molecule has 5 heteroatoms. The van der Waals surface area contributed by atoms with Gasteiger partial charge in [0.1, 0.15) is 0 Å². The molecule has 1 aliphatic rings. The van der Waals surface area contributed by atoms with E-state index in [2.05, 4.69) is 28.2 Å². The van der Waals surface area contributed by atoms with E-state index in [4.69, 9.17) is 12.2 Å². The van der Waals surface area contributed by atoms with E-state index >= 15 is 0 Å². The Bertz CT molecular complexity index is 122. The summed E-state index contributed by atoms with van der Waals surface area (Å²) < 4.78 is 2.58. The molecular weight excluding hydrogens is 166 g/mol. The van der Waals surface area contributed by atoms with E-state index in [0.717, 1.165) is 19.5 Å². The van der Waals surface area contributed by atoms with E-state index in [1.807, 2.05) is 0 Å². The Morgan fingerprint density at radius 3 is 3.00 bits per heavy atom. The molecule has 10 heavy (non-hydrogen) atoms. The SMILES string of the molecule is S=C(NS)NC1CCNC1. The molecule has 0 aromatic carbocycles. The van der Waals surface area contributed by atoms with E-state index in [0.29, 0.717) is 11.2 Å². The van der Waals surface area contributed by atoms with Crippen molar-refractivity contribution in [2.75, 3.05) is 13.1 Å². The zero-order valence-corrected chi connectivity index (χ0v) is 7.27. The van der Waals surface area contributed by atoms with Gasteiger partial charge in [0.05, 0.1) is 0 Å². The lowest BCUT2D eigenvalue weighted by Crippen LogP contribution is -2.39. The Balaban J connectivity index is 2.17. The fourth-order valence-electron chi connectivity index (χ4n) is 0.996. The molecule has 0 spiro atoms. The Hall–Kier alpha value is -0.0000000000000000486. The van der Waals surface area contributed by atoms with Gasteiger partial charge in [-0.15, -0.1) is 0 Å². The molecular formula is C5H11N3S2. The van der Waals surface area contributed by atoms with E-state index < -0.39 is 0 Å². The summed E-state index contributed by atoms with van der Waals surface area (Å²) in [6.45, 7) is 2.07. The van der Waals surface area contributed by atoms with Gasteiger partial charge in [0.25, 0.3) is 0 Å². The number of rotatable bonds is 1. The third-order valence-corrected chi connectivity index (χ3v) is 2.09. The van der Waals surface area contributed by atoms with Crippen LogP contribution in [0.2, 0.25) is 0 Å². The summed E-state index contributed by atoms with van der Waals surface area (Å²) in [4.78, 5) is 0. The van der Waals surface area contributed by atoms with Crippen molar-refractivity contribution >= 4 is 30.1 Å². The van der Waals surface area contributed by atoms with Gasteiger partial charge in [-0.05, 0) is 25.2 Å². The minimum absolute atomic E-state index is 0.479. The van der Waals surface area contributed by atoms with Crippen LogP contribution < -0.4 is 15.4 Å². The first-order valence-corrected chi connectivity index (χ1v) is 4.10. The standard InChI is InChI=1S/C5H11N3S2/c9-5(8-10)7-4-1-2-6-3-4/h4,6,10H,1-3H2,(H2,7,8,9). The van der Waals surface area contributed by atoms with Crippen LogP contribution in [0.1, 0.15) is 6.42 Å². The van der Waals surface area contributed by atoms with Crippen molar-refractivity contribution in [3.63, 3.8) is 0 Å². The van der Waals surface area contributed by atoms with Crippen molar-refractivity contribution < 1.29 is 0 Å². The summed E-state index contributed by atoms with van der Waals surface area (Å²) >= 11 is 8.68. The molecule has 3 N–H and O–H groups in total. The monoisotopic (exact) mass is 177 g/mol. The van der Waals surface area contributed by atoms with Gasteiger partial charge in [0.2, 0.25) is 0 Å². The quantitative estimate of drug-likeness (QED) is 0.326. The maximum absolute atomic E-state index is 4.87. The number of thiol groups is 1. The van der Waals surface area contributed by atoms with Crippen LogP contribution in [0.25, 0.3) is 0 Å². The topological polar surface area (TPSA) is 36.1 Å². The molecule has 58 valence electrons. The highest BCUT2D eigenvalue weighted by Crippen LogP contribution is 1.95. The van der Waals surface area contributed by atoms with Gasteiger partial charge in [0, 0.05) is 12.6 Å². The van der Waals surface area contributed by atoms with Crippen LogP contribution in [-0.4, -0.2) is 24.2 Å². The van der Waals surface area contributed by atoms with Crippen LogP contribution in [0.5, 0.6) is 0 Å². The first-order chi connectivity index (χ1) is 4.83. The summed E-state index contributed by atoms with van der Waals surface area (Å²) in [5, 5.41) is 6.95. The molecule has 1 heterocycles. The number of hydrogen-bond donors (Lipinski definition) is 4. The normalized spacial score (nSPS) is 24.3. The van der Waals surface area contributed by atoms with Crippen molar-refractivity contribution in [1.82, 2.24) is 15.4 Å². The largest absolute Gasteiger partial charge is 0.358 e. The zero-order valence-electron chi connectivity index (χ0n) is 5.55. The van der Waals surface area contributed by atoms with Crippen LogP contribution >= 0.6 is 25.0 Å². The van der Waals surface area contributed by atoms with Gasteiger partial charge < -0.3 is 15.4 Å². The maximum atomic E-state index is 4.87. The van der Waals surface area contributed by atoms with Crippen LogP contribution in [0.3, 0.4) is 0 Å². The van der Waals surface area contributed by atoms with Gasteiger partial charge in [-0.2, -0.15) is 0 Å². The summed E-state index contributed by atoms with van der Waals surface area (Å²) in [5.41, 5.74) is 0. The van der Waals surface area contributed by atoms with Gasteiger partial charge >= 0.3 is 0 Å². The van der Waals surface area contributed by atoms with Crippen LogP contribution in [0.4, 0.5) is 0 Å². The molecule has 0 radical (unpaired) electrons. The van der Waals surface area contributed by atoms with E-state index in [1.165, 1.54) is 0 Å². The lowest BCUT2D eigenvalue weighted by molar-refractivity contribution is 0.663. The average molecular weight is 177 g/mol. The van der Waals surface area contributed by atoms with Crippen LogP contribution in [-0.2, 0) is 0 Å². The predicted octanol–water partition coefficient (Wildman–Crippen LogP) is -0.343. The maximum Gasteiger partial charge on any atom is 0.176 e. The summed E-state index contributed by atoms with van der Waals surface area (Å²) in [6, 6.07) is 0.479. The molecule has 1 atom stereocenters. The van der Waals surface area contributed by atoms with Gasteiger partial charge in [-0.1, -0.05) is 12.8 Å². The second-order valence-electron chi connectivity index (χ2n) is 2.27. The van der Waals surface area contributed by atoms with Crippen LogP contribution in [0.15, 0.2) is 0 Å². The summed E-state index contributed by atoms with van der Waals surface area (Å²) in [7, 11) is 0. The van der Waals surface area contributed by atoms with Gasteiger partial charge in [-0.25, -0.2) is 0 Å². The molecule has 0 aromatic rings. The number of thiocarbonyl (C=S) groups is 1. The van der Waals surface area contributed by atoms with Crippen molar-refractivity contribution in [3.8, 4) is 0 Å². The molecule has 1 fully saturated rings. The Labute approximate surface area is 71.5 Å². The van der Waals surface area contributed by atoms with Gasteiger partial charge in [-0.3, -0.25) is 0 Å². The predicted molar refractivity (Wildman–Crippen MR) is 49.1 cm³/mol. The Kier molecular flexibility index (Phi) is 3.24. The highest BCUT2D eigenvalue weighted by atomic mass is 32.1. The molecule has 0 saturated carbocycles. The molecule has 0 aromatic heterocycles. The molecule has 1 aliphatic heterocycles. The third-order valence-electron chi connectivity index (χ3n) is 1.50. The van der Waals surface area contributed by atoms with Gasteiger partial charge in [0.15, 0.2) is 5.11 Å². The highest BCUT2D eigenvalue weighted by molar-refractivity contribution is 7.84. The summed E-state index contributed by atoms with van der Waals surface area (Å²) in [6.07, 6.45) is 1.13. The Morgan fingerprint density at radius 1 is 1.70 bits per heavy atom. The first-order valence-electron chi connectivity index (χ1n) is 3.24. The van der Waals surface area contributed by atoms with Crippen molar-refractivity contribution in [3.05, 3.63) is 0 Å². The van der Waals surface area contributed by atoms with Crippen LogP contribution in [0, 0.1) is 0 Å². The zero-order chi connectivity index (χ0) is 7.40. The lowest BCUT2D eigenvalue weighted by Gasteiger charge is -2.11. The van der Waals surface area contributed by atoms with Crippen molar-refractivity contribution in [1.29, 1.82) is 0 Å². The first kappa shape index (κ1) is 8.10. The molecule has 1 unspecified atom stereocenters. The average Bonchev–Trinajstić information content (AvgIpc) is 2.40. The number of nitrogens with one attached hydrogen (secondary N) is 3. The minimum Gasteiger partial charge on any atom is -0.358 e. The molecule has 0 aliphatic carbocycles. The van der Waals surface area contributed by atoms with Crippen molar-refractivity contribution in [2.45, 2.75) is 12.5 Å². The van der Waals surface area contributed by atoms with Crippen molar-refractivity contribution in [2.24, 2.45) is 0 Å². The Morgan fingerprint density at radius 2 is 2.50 bits per heavy atom. The molecule has 0 bridgehead atoms. The molecule has 1 saturated heterocycles.